The van der Waals surface area contributed by atoms with Crippen molar-refractivity contribution in [3.8, 4) is 27.9 Å². The van der Waals surface area contributed by atoms with Gasteiger partial charge in [-0.25, -0.2) is 0 Å². The van der Waals surface area contributed by atoms with Crippen molar-refractivity contribution in [2.45, 2.75) is 12.8 Å². The summed E-state index contributed by atoms with van der Waals surface area (Å²) in [6.07, 6.45) is 9.56. The minimum atomic E-state index is 0.212. The van der Waals surface area contributed by atoms with Gasteiger partial charge in [-0.1, -0.05) is 30.3 Å². The molecule has 0 spiro atoms. The molecule has 4 heteroatoms. The molecule has 1 aliphatic rings. The van der Waals surface area contributed by atoms with Gasteiger partial charge in [-0.05, 0) is 48.4 Å². The van der Waals surface area contributed by atoms with E-state index in [1.54, 1.807) is 0 Å². The minimum Gasteiger partial charge on any atom is -0.323 e. The zero-order valence-corrected chi connectivity index (χ0v) is 16.0. The maximum Gasteiger partial charge on any atom is 0.227 e. The molecule has 2 aromatic carbocycles. The highest BCUT2D eigenvalue weighted by molar-refractivity contribution is 5.95. The van der Waals surface area contributed by atoms with Crippen molar-refractivity contribution in [2.24, 2.45) is 0 Å². The first-order valence-corrected chi connectivity index (χ1v) is 9.87. The first-order chi connectivity index (χ1) is 14.3. The molecule has 5 rings (SSSR count). The number of carbonyl (C=O) groups is 1. The summed E-state index contributed by atoms with van der Waals surface area (Å²) in [5.74, 6) is 0.212. The largest absolute Gasteiger partial charge is 0.323 e. The van der Waals surface area contributed by atoms with Crippen molar-refractivity contribution < 1.29 is 4.79 Å². The molecule has 1 fully saturated rings. The van der Waals surface area contributed by atoms with Crippen LogP contribution in [-0.4, -0.2) is 22.0 Å². The van der Waals surface area contributed by atoms with Gasteiger partial charge < -0.3 is 9.47 Å². The molecule has 29 heavy (non-hydrogen) atoms. The van der Waals surface area contributed by atoms with Crippen molar-refractivity contribution in [1.82, 2.24) is 9.55 Å². The van der Waals surface area contributed by atoms with E-state index in [1.807, 2.05) is 47.6 Å². The van der Waals surface area contributed by atoms with E-state index in [-0.39, 0.29) is 5.91 Å². The van der Waals surface area contributed by atoms with E-state index >= 15 is 0 Å². The molecule has 142 valence electrons. The Hall–Kier alpha value is -3.66. The Bertz CT molecular complexity index is 1150. The Balaban J connectivity index is 1.42. The molecular formula is C25H21N3O. The van der Waals surface area contributed by atoms with Gasteiger partial charge in [0.1, 0.15) is 0 Å². The fourth-order valence-corrected chi connectivity index (χ4v) is 3.84. The summed E-state index contributed by atoms with van der Waals surface area (Å²) in [7, 11) is 0. The van der Waals surface area contributed by atoms with E-state index in [9.17, 15) is 4.79 Å². The lowest BCUT2D eigenvalue weighted by atomic mass is 10.0. The number of para-hydroxylation sites is 1. The topological polar surface area (TPSA) is 38.1 Å². The lowest BCUT2D eigenvalue weighted by molar-refractivity contribution is -0.117. The van der Waals surface area contributed by atoms with Crippen molar-refractivity contribution in [3.63, 3.8) is 0 Å². The molecule has 0 atom stereocenters. The molecule has 4 aromatic rings. The number of amides is 1. The molecule has 0 aliphatic carbocycles. The number of benzene rings is 2. The molecule has 2 aromatic heterocycles. The van der Waals surface area contributed by atoms with E-state index in [0.29, 0.717) is 6.42 Å². The lowest BCUT2D eigenvalue weighted by Crippen LogP contribution is -2.23. The predicted octanol–water partition coefficient (Wildman–Crippen LogP) is 5.33. The normalized spacial score (nSPS) is 13.8. The summed E-state index contributed by atoms with van der Waals surface area (Å²) < 4.78 is 2.11. The highest BCUT2D eigenvalue weighted by Gasteiger charge is 2.21. The van der Waals surface area contributed by atoms with Crippen LogP contribution in [0.15, 0.2) is 91.5 Å². The molecule has 0 saturated carbocycles. The molecule has 1 saturated heterocycles. The van der Waals surface area contributed by atoms with Gasteiger partial charge in [-0.2, -0.15) is 0 Å². The molecule has 3 heterocycles. The van der Waals surface area contributed by atoms with E-state index in [2.05, 4.69) is 58.3 Å². The van der Waals surface area contributed by atoms with Crippen LogP contribution in [-0.2, 0) is 4.79 Å². The summed E-state index contributed by atoms with van der Waals surface area (Å²) in [6, 6.07) is 22.7. The smallest absolute Gasteiger partial charge is 0.227 e. The third-order valence-corrected chi connectivity index (χ3v) is 5.40. The first-order valence-electron chi connectivity index (χ1n) is 9.87. The van der Waals surface area contributed by atoms with Crippen molar-refractivity contribution in [3.05, 3.63) is 91.5 Å². The van der Waals surface area contributed by atoms with Crippen LogP contribution < -0.4 is 4.90 Å². The molecule has 1 aliphatic heterocycles. The molecular weight excluding hydrogens is 358 g/mol. The van der Waals surface area contributed by atoms with Crippen LogP contribution in [0, 0.1) is 0 Å². The second-order valence-corrected chi connectivity index (χ2v) is 7.30. The van der Waals surface area contributed by atoms with E-state index in [1.165, 1.54) is 0 Å². The molecule has 1 amide bonds. The fourth-order valence-electron chi connectivity index (χ4n) is 3.84. The third kappa shape index (κ3) is 3.45. The molecule has 0 bridgehead atoms. The number of rotatable bonds is 4. The monoisotopic (exact) mass is 379 g/mol. The molecule has 0 N–H and O–H groups in total. The van der Waals surface area contributed by atoms with Crippen LogP contribution in [0.25, 0.3) is 27.9 Å². The number of anilines is 1. The SMILES string of the molecule is O=C1CCCN1c1ccc(-c2cncc(-c3ccn(-c4ccccc4)c3)c2)cc1. The van der Waals surface area contributed by atoms with Gasteiger partial charge in [-0.15, -0.1) is 0 Å². The maximum absolute atomic E-state index is 11.9. The van der Waals surface area contributed by atoms with Crippen LogP contribution in [0.3, 0.4) is 0 Å². The predicted molar refractivity (Wildman–Crippen MR) is 116 cm³/mol. The maximum atomic E-state index is 11.9. The Labute approximate surface area is 170 Å². The summed E-state index contributed by atoms with van der Waals surface area (Å²) in [5.41, 5.74) is 6.47. The molecule has 0 unspecified atom stereocenters. The number of nitrogens with zero attached hydrogens (tertiary/aromatic N) is 3. The van der Waals surface area contributed by atoms with E-state index in [0.717, 1.165) is 46.6 Å². The van der Waals surface area contributed by atoms with Gasteiger partial charge >= 0.3 is 0 Å². The van der Waals surface area contributed by atoms with Crippen molar-refractivity contribution in [2.75, 3.05) is 11.4 Å². The van der Waals surface area contributed by atoms with Gasteiger partial charge in [0.25, 0.3) is 0 Å². The second-order valence-electron chi connectivity index (χ2n) is 7.30. The quantitative estimate of drug-likeness (QED) is 0.480. The van der Waals surface area contributed by atoms with Gasteiger partial charge in [0, 0.05) is 65.8 Å². The Morgan fingerprint density at radius 3 is 2.24 bits per heavy atom. The average Bonchev–Trinajstić information content (AvgIpc) is 3.44. The van der Waals surface area contributed by atoms with Gasteiger partial charge in [0.15, 0.2) is 0 Å². The van der Waals surface area contributed by atoms with E-state index in [4.69, 9.17) is 0 Å². The van der Waals surface area contributed by atoms with Crippen LogP contribution in [0.2, 0.25) is 0 Å². The van der Waals surface area contributed by atoms with Crippen LogP contribution in [0.5, 0.6) is 0 Å². The summed E-state index contributed by atoms with van der Waals surface area (Å²) in [4.78, 5) is 18.3. The number of aromatic nitrogens is 2. The molecule has 4 nitrogen and oxygen atoms in total. The Morgan fingerprint density at radius 1 is 0.759 bits per heavy atom. The van der Waals surface area contributed by atoms with Gasteiger partial charge in [0.05, 0.1) is 0 Å². The van der Waals surface area contributed by atoms with Crippen LogP contribution >= 0.6 is 0 Å². The fraction of sp³-hybridized carbons (Fsp3) is 0.120. The molecule has 0 radical (unpaired) electrons. The van der Waals surface area contributed by atoms with Crippen LogP contribution in [0.1, 0.15) is 12.8 Å². The zero-order chi connectivity index (χ0) is 19.6. The van der Waals surface area contributed by atoms with E-state index < -0.39 is 0 Å². The van der Waals surface area contributed by atoms with Gasteiger partial charge in [0.2, 0.25) is 5.91 Å². The number of hydrogen-bond donors (Lipinski definition) is 0. The van der Waals surface area contributed by atoms with Gasteiger partial charge in [-0.3, -0.25) is 9.78 Å². The summed E-state index contributed by atoms with van der Waals surface area (Å²) in [6.45, 7) is 0.813. The number of carbonyl (C=O) groups excluding carboxylic acids is 1. The summed E-state index contributed by atoms with van der Waals surface area (Å²) >= 11 is 0. The first kappa shape index (κ1) is 17.4. The highest BCUT2D eigenvalue weighted by Crippen LogP contribution is 2.29. The average molecular weight is 379 g/mol. The summed E-state index contributed by atoms with van der Waals surface area (Å²) in [5, 5.41) is 0. The third-order valence-electron chi connectivity index (χ3n) is 5.40. The second kappa shape index (κ2) is 7.40. The zero-order valence-electron chi connectivity index (χ0n) is 16.0. The standard InChI is InChI=1S/C25H21N3O/c29-25-7-4-13-28(25)24-10-8-19(9-11-24)21-15-22(17-26-16-21)20-12-14-27(18-20)23-5-2-1-3-6-23/h1-3,5-6,8-12,14-18H,4,7,13H2. The highest BCUT2D eigenvalue weighted by atomic mass is 16.2. The van der Waals surface area contributed by atoms with Crippen molar-refractivity contribution in [1.29, 1.82) is 0 Å². The number of pyridine rings is 1. The van der Waals surface area contributed by atoms with Crippen molar-refractivity contribution >= 4 is 11.6 Å². The Morgan fingerprint density at radius 2 is 1.52 bits per heavy atom. The minimum absolute atomic E-state index is 0.212. The number of hydrogen-bond acceptors (Lipinski definition) is 2. The van der Waals surface area contributed by atoms with Crippen LogP contribution in [0.4, 0.5) is 5.69 Å². The Kier molecular flexibility index (Phi) is 4.45. The lowest BCUT2D eigenvalue weighted by Gasteiger charge is -2.16.